The van der Waals surface area contributed by atoms with Crippen molar-refractivity contribution in [3.63, 3.8) is 0 Å². The Hall–Kier alpha value is -3.22. The Labute approximate surface area is 244 Å². The van der Waals surface area contributed by atoms with Crippen LogP contribution in [0.1, 0.15) is 90.0 Å². The van der Waals surface area contributed by atoms with Crippen LogP contribution in [-0.4, -0.2) is 42.8 Å². The molecular weight excluding hydrogens is 516 g/mol. The quantitative estimate of drug-likeness (QED) is 0.183. The second-order valence-electron chi connectivity index (χ2n) is 13.4. The molecule has 0 amide bonds. The van der Waals surface area contributed by atoms with E-state index in [0.29, 0.717) is 29.7 Å². The lowest BCUT2D eigenvalue weighted by molar-refractivity contribution is -0.227. The molecule has 4 unspecified atom stereocenters. The number of hydrogen-bond acceptors (Lipinski definition) is 6. The predicted octanol–water partition coefficient (Wildman–Crippen LogP) is 7.06. The van der Waals surface area contributed by atoms with E-state index in [1.807, 2.05) is 39.0 Å². The fourth-order valence-corrected chi connectivity index (χ4v) is 6.94. The van der Waals surface area contributed by atoms with Crippen LogP contribution in [0.5, 0.6) is 23.0 Å². The van der Waals surface area contributed by atoms with Gasteiger partial charge in [0.25, 0.3) is 0 Å². The number of hydrogen-bond donors (Lipinski definition) is 5. The summed E-state index contributed by atoms with van der Waals surface area (Å²) in [7, 11) is 0. The van der Waals surface area contributed by atoms with E-state index in [9.17, 15) is 25.5 Å². The van der Waals surface area contributed by atoms with Crippen LogP contribution in [0.25, 0.3) is 12.2 Å². The minimum absolute atomic E-state index is 0.0122. The summed E-state index contributed by atoms with van der Waals surface area (Å²) in [4.78, 5) is 0. The maximum absolute atomic E-state index is 11.0. The molecule has 41 heavy (non-hydrogen) atoms. The summed E-state index contributed by atoms with van der Waals surface area (Å²) < 4.78 is 6.39. The van der Waals surface area contributed by atoms with Crippen LogP contribution in [0.3, 0.4) is 0 Å². The fourth-order valence-electron chi connectivity index (χ4n) is 6.94. The van der Waals surface area contributed by atoms with Gasteiger partial charge in [0.1, 0.15) is 17.1 Å². The summed E-state index contributed by atoms with van der Waals surface area (Å²) in [6, 6.07) is 6.83. The van der Waals surface area contributed by atoms with Crippen LogP contribution in [0.15, 0.2) is 47.6 Å². The molecule has 1 heterocycles. The molecule has 4 rings (SSSR count). The zero-order chi connectivity index (χ0) is 30.3. The standard InChI is InChI=1S/C35H46O6/c1-21(2)9-8-10-22(3)11-14-26-27(36)16-24(17-28(26)37)13-12-23-15-25-19-30-33(4,5)32(39)34(6,40)20-35(30,7)41-31(25)29(38)18-23/h9,11-13,15-18,30,32,36-40H,8,10,14,19-20H2,1-7H3. The summed E-state index contributed by atoms with van der Waals surface area (Å²) in [6.07, 6.45) is 10.1. The average molecular weight is 563 g/mol. The number of allylic oxidation sites excluding steroid dienone is 4. The van der Waals surface area contributed by atoms with E-state index < -0.39 is 22.7 Å². The summed E-state index contributed by atoms with van der Waals surface area (Å²) in [6.45, 7) is 13.7. The molecule has 1 aliphatic carbocycles. The van der Waals surface area contributed by atoms with E-state index in [1.165, 1.54) is 11.1 Å². The largest absolute Gasteiger partial charge is 0.507 e. The summed E-state index contributed by atoms with van der Waals surface area (Å²) >= 11 is 0. The first kappa shape index (κ1) is 30.7. The van der Waals surface area contributed by atoms with Crippen molar-refractivity contribution in [2.45, 2.75) is 97.9 Å². The molecule has 1 fully saturated rings. The first-order valence-corrected chi connectivity index (χ1v) is 14.5. The molecule has 0 aromatic heterocycles. The number of phenolic OH excluding ortho intramolecular Hbond substituents is 3. The Balaban J connectivity index is 1.54. The van der Waals surface area contributed by atoms with Gasteiger partial charge in [-0.3, -0.25) is 0 Å². The number of aliphatic hydroxyl groups excluding tert-OH is 1. The number of ether oxygens (including phenoxy) is 1. The van der Waals surface area contributed by atoms with E-state index in [4.69, 9.17) is 4.74 Å². The third-order valence-electron chi connectivity index (χ3n) is 9.01. The maximum Gasteiger partial charge on any atom is 0.164 e. The lowest BCUT2D eigenvalue weighted by atomic mass is 9.53. The molecule has 2 aliphatic rings. The molecule has 5 N–H and O–H groups in total. The van der Waals surface area contributed by atoms with Gasteiger partial charge in [-0.05, 0) is 101 Å². The summed E-state index contributed by atoms with van der Waals surface area (Å²) in [5.74, 6) is 0.412. The van der Waals surface area contributed by atoms with Gasteiger partial charge in [0.2, 0.25) is 0 Å². The fraction of sp³-hybridized carbons (Fsp3) is 0.486. The highest BCUT2D eigenvalue weighted by Crippen LogP contribution is 2.57. The van der Waals surface area contributed by atoms with Gasteiger partial charge in [-0.1, -0.05) is 49.3 Å². The van der Waals surface area contributed by atoms with Crippen molar-refractivity contribution in [1.29, 1.82) is 0 Å². The zero-order valence-electron chi connectivity index (χ0n) is 25.5. The molecule has 2 aromatic rings. The zero-order valence-corrected chi connectivity index (χ0v) is 25.5. The third-order valence-corrected chi connectivity index (χ3v) is 9.01. The molecule has 0 bridgehead atoms. The Morgan fingerprint density at radius 1 is 0.902 bits per heavy atom. The second-order valence-corrected chi connectivity index (χ2v) is 13.4. The second kappa shape index (κ2) is 11.2. The number of aromatic hydroxyl groups is 3. The van der Waals surface area contributed by atoms with Gasteiger partial charge in [0.15, 0.2) is 11.5 Å². The van der Waals surface area contributed by atoms with Gasteiger partial charge in [-0.15, -0.1) is 0 Å². The Morgan fingerprint density at radius 3 is 2.10 bits per heavy atom. The van der Waals surface area contributed by atoms with E-state index in [0.717, 1.165) is 24.0 Å². The highest BCUT2D eigenvalue weighted by Gasteiger charge is 2.61. The number of phenols is 3. The van der Waals surface area contributed by atoms with Crippen LogP contribution >= 0.6 is 0 Å². The Morgan fingerprint density at radius 2 is 1.49 bits per heavy atom. The van der Waals surface area contributed by atoms with Crippen molar-refractivity contribution < 1.29 is 30.3 Å². The Bertz CT molecular complexity index is 1370. The number of fused-ring (bicyclic) bond motifs is 2. The van der Waals surface area contributed by atoms with Crippen molar-refractivity contribution in [2.75, 3.05) is 0 Å². The normalized spacial score (nSPS) is 27.2. The number of aliphatic hydroxyl groups is 2. The molecule has 0 saturated heterocycles. The minimum Gasteiger partial charge on any atom is -0.507 e. The lowest BCUT2D eigenvalue weighted by Gasteiger charge is -2.59. The number of rotatable bonds is 7. The molecule has 6 nitrogen and oxygen atoms in total. The van der Waals surface area contributed by atoms with Crippen molar-refractivity contribution >= 4 is 12.2 Å². The van der Waals surface area contributed by atoms with E-state index in [-0.39, 0.29) is 29.6 Å². The van der Waals surface area contributed by atoms with Crippen molar-refractivity contribution in [3.8, 4) is 23.0 Å². The maximum atomic E-state index is 11.0. The lowest BCUT2D eigenvalue weighted by Crippen LogP contribution is -2.67. The van der Waals surface area contributed by atoms with E-state index in [1.54, 1.807) is 31.2 Å². The predicted molar refractivity (Wildman–Crippen MR) is 164 cm³/mol. The molecule has 2 aromatic carbocycles. The van der Waals surface area contributed by atoms with Crippen LogP contribution in [0.4, 0.5) is 0 Å². The SMILES string of the molecule is CC(C)=CCCC(C)=CCc1c(O)cc(C=Cc2cc(O)c3c(c2)CC2C(C)(CC(C)(O)C(O)C2(C)C)O3)cc1O. The summed E-state index contributed by atoms with van der Waals surface area (Å²) in [5, 5.41) is 54.1. The molecule has 1 aliphatic heterocycles. The van der Waals surface area contributed by atoms with Crippen LogP contribution < -0.4 is 4.74 Å². The van der Waals surface area contributed by atoms with E-state index >= 15 is 0 Å². The Kier molecular flexibility index (Phi) is 8.41. The van der Waals surface area contributed by atoms with Gasteiger partial charge < -0.3 is 30.3 Å². The van der Waals surface area contributed by atoms with Gasteiger partial charge >= 0.3 is 0 Å². The van der Waals surface area contributed by atoms with Gasteiger partial charge in [0.05, 0.1) is 11.7 Å². The molecule has 222 valence electrons. The average Bonchev–Trinajstić information content (AvgIpc) is 2.85. The molecular formula is C35H46O6. The monoisotopic (exact) mass is 562 g/mol. The van der Waals surface area contributed by atoms with Gasteiger partial charge in [-0.2, -0.15) is 0 Å². The molecule has 1 saturated carbocycles. The molecule has 4 atom stereocenters. The van der Waals surface area contributed by atoms with Crippen molar-refractivity contribution in [1.82, 2.24) is 0 Å². The van der Waals surface area contributed by atoms with Gasteiger partial charge in [-0.25, -0.2) is 0 Å². The van der Waals surface area contributed by atoms with E-state index in [2.05, 4.69) is 26.8 Å². The minimum atomic E-state index is -1.31. The molecule has 6 heteroatoms. The van der Waals surface area contributed by atoms with Crippen LogP contribution in [-0.2, 0) is 12.8 Å². The van der Waals surface area contributed by atoms with Crippen LogP contribution in [0, 0.1) is 11.3 Å². The highest BCUT2D eigenvalue weighted by molar-refractivity contribution is 5.73. The van der Waals surface area contributed by atoms with Crippen LogP contribution in [0.2, 0.25) is 0 Å². The third kappa shape index (κ3) is 6.34. The highest BCUT2D eigenvalue weighted by atomic mass is 16.5. The van der Waals surface area contributed by atoms with Gasteiger partial charge in [0, 0.05) is 23.3 Å². The first-order valence-electron chi connectivity index (χ1n) is 14.5. The molecule has 0 radical (unpaired) electrons. The number of benzene rings is 2. The summed E-state index contributed by atoms with van der Waals surface area (Å²) in [5.41, 5.74) is 2.53. The smallest absolute Gasteiger partial charge is 0.164 e. The van der Waals surface area contributed by atoms with Crippen molar-refractivity contribution in [2.24, 2.45) is 11.3 Å². The first-order chi connectivity index (χ1) is 19.0. The van der Waals surface area contributed by atoms with Crippen molar-refractivity contribution in [3.05, 3.63) is 69.8 Å². The topological polar surface area (TPSA) is 110 Å². The molecule has 0 spiro atoms.